The zero-order valence-corrected chi connectivity index (χ0v) is 23.7. The van der Waals surface area contributed by atoms with Crippen LogP contribution in [0.15, 0.2) is 47.3 Å². The Hall–Kier alpha value is -3.67. The SMILES string of the molecule is O=C(CN1CCC(O[C@H]2CCNC2)CC1)N1CCN(C(=O)c2cc(Cc3n[nH]c(=O)c4ccccc34)ccc2F)CC1. The van der Waals surface area contributed by atoms with Crippen molar-refractivity contribution >= 4 is 22.6 Å². The fraction of sp³-hybridized carbons (Fsp3) is 0.484. The highest BCUT2D eigenvalue weighted by Gasteiger charge is 2.29. The molecule has 0 radical (unpaired) electrons. The van der Waals surface area contributed by atoms with E-state index in [1.54, 1.807) is 34.1 Å². The van der Waals surface area contributed by atoms with Gasteiger partial charge in [-0.2, -0.15) is 5.10 Å². The van der Waals surface area contributed by atoms with Gasteiger partial charge in [0, 0.05) is 57.6 Å². The number of hydrogen-bond acceptors (Lipinski definition) is 7. The van der Waals surface area contributed by atoms with E-state index in [1.165, 1.54) is 6.07 Å². The summed E-state index contributed by atoms with van der Waals surface area (Å²) in [6.45, 7) is 5.56. The van der Waals surface area contributed by atoms with Crippen molar-refractivity contribution in [2.75, 3.05) is 58.9 Å². The van der Waals surface area contributed by atoms with E-state index in [0.29, 0.717) is 61.9 Å². The summed E-state index contributed by atoms with van der Waals surface area (Å²) in [5, 5.41) is 11.3. The normalized spacial score (nSPS) is 20.4. The Morgan fingerprint density at radius 2 is 1.67 bits per heavy atom. The van der Waals surface area contributed by atoms with Crippen LogP contribution < -0.4 is 10.9 Å². The van der Waals surface area contributed by atoms with Crippen molar-refractivity contribution in [3.05, 3.63) is 75.5 Å². The minimum absolute atomic E-state index is 0.000480. The Kier molecular flexibility index (Phi) is 8.59. The van der Waals surface area contributed by atoms with Gasteiger partial charge in [0.15, 0.2) is 0 Å². The smallest absolute Gasteiger partial charge is 0.272 e. The van der Waals surface area contributed by atoms with Gasteiger partial charge in [0.25, 0.3) is 11.5 Å². The molecule has 4 heterocycles. The number of carbonyl (C=O) groups excluding carboxylic acids is 2. The van der Waals surface area contributed by atoms with E-state index in [2.05, 4.69) is 20.4 Å². The van der Waals surface area contributed by atoms with Gasteiger partial charge in [-0.1, -0.05) is 24.3 Å². The molecule has 0 aliphatic carbocycles. The van der Waals surface area contributed by atoms with Crippen LogP contribution in [0.3, 0.4) is 0 Å². The van der Waals surface area contributed by atoms with Crippen LogP contribution in [0, 0.1) is 5.82 Å². The molecule has 1 atom stereocenters. The first-order valence-electron chi connectivity index (χ1n) is 14.8. The van der Waals surface area contributed by atoms with E-state index in [0.717, 1.165) is 50.8 Å². The minimum Gasteiger partial charge on any atom is -0.374 e. The molecule has 3 aliphatic heterocycles. The van der Waals surface area contributed by atoms with Crippen molar-refractivity contribution in [2.45, 2.75) is 37.9 Å². The molecule has 10 nitrogen and oxygen atoms in total. The average Bonchev–Trinajstić information content (AvgIpc) is 3.53. The standard InChI is InChI=1S/C31H37FN6O4/c32-27-6-5-21(18-28-24-3-1-2-4-25(24)30(40)35-34-28)17-26(27)31(41)38-15-13-37(14-16-38)29(39)20-36-11-8-22(9-12-36)42-23-7-10-33-19-23/h1-6,17,22-23,33H,7-16,18-20H2,(H,35,40)/t23-/m0/s1. The first-order valence-corrected chi connectivity index (χ1v) is 14.8. The minimum atomic E-state index is -0.585. The monoisotopic (exact) mass is 576 g/mol. The zero-order chi connectivity index (χ0) is 29.1. The van der Waals surface area contributed by atoms with Gasteiger partial charge in [-0.25, -0.2) is 9.49 Å². The van der Waals surface area contributed by atoms with E-state index in [9.17, 15) is 18.8 Å². The molecule has 0 saturated carbocycles. The maximum absolute atomic E-state index is 14.8. The van der Waals surface area contributed by atoms with Crippen LogP contribution in [-0.4, -0.2) is 108 Å². The summed E-state index contributed by atoms with van der Waals surface area (Å²) in [7, 11) is 0. The number of benzene rings is 2. The van der Waals surface area contributed by atoms with Gasteiger partial charge in [0.05, 0.1) is 35.4 Å². The molecule has 1 aromatic heterocycles. The third kappa shape index (κ3) is 6.38. The quantitative estimate of drug-likeness (QED) is 0.441. The number of rotatable bonds is 7. The molecule has 42 heavy (non-hydrogen) atoms. The molecule has 0 bridgehead atoms. The molecule has 2 amide bonds. The van der Waals surface area contributed by atoms with Gasteiger partial charge in [-0.3, -0.25) is 19.3 Å². The molecule has 11 heteroatoms. The molecule has 2 N–H and O–H groups in total. The molecular formula is C31H37FN6O4. The summed E-state index contributed by atoms with van der Waals surface area (Å²) in [5.74, 6) is -0.909. The van der Waals surface area contributed by atoms with E-state index in [4.69, 9.17) is 4.74 Å². The zero-order valence-electron chi connectivity index (χ0n) is 23.7. The number of likely N-dealkylation sites (tertiary alicyclic amines) is 1. The number of H-pyrrole nitrogens is 1. The molecule has 0 spiro atoms. The predicted molar refractivity (Wildman–Crippen MR) is 156 cm³/mol. The van der Waals surface area contributed by atoms with Crippen molar-refractivity contribution in [2.24, 2.45) is 0 Å². The molecule has 3 aromatic rings. The van der Waals surface area contributed by atoms with E-state index in [1.807, 2.05) is 12.1 Å². The fourth-order valence-corrected chi connectivity index (χ4v) is 6.19. The van der Waals surface area contributed by atoms with Gasteiger partial charge in [0.2, 0.25) is 5.91 Å². The highest BCUT2D eigenvalue weighted by Crippen LogP contribution is 2.21. The number of ether oxygens (including phenoxy) is 1. The molecule has 3 aliphatic rings. The number of piperidine rings is 1. The molecule has 2 aromatic carbocycles. The third-order valence-electron chi connectivity index (χ3n) is 8.62. The lowest BCUT2D eigenvalue weighted by Crippen LogP contribution is -2.53. The van der Waals surface area contributed by atoms with Gasteiger partial charge < -0.3 is 19.9 Å². The summed E-state index contributed by atoms with van der Waals surface area (Å²) >= 11 is 0. The second-order valence-electron chi connectivity index (χ2n) is 11.4. The van der Waals surface area contributed by atoms with Crippen LogP contribution in [0.4, 0.5) is 4.39 Å². The van der Waals surface area contributed by atoms with Crippen LogP contribution in [0.25, 0.3) is 10.8 Å². The fourth-order valence-electron chi connectivity index (χ4n) is 6.19. The van der Waals surface area contributed by atoms with Crippen LogP contribution in [-0.2, 0) is 16.0 Å². The molecule has 222 valence electrons. The maximum atomic E-state index is 14.8. The van der Waals surface area contributed by atoms with Crippen molar-refractivity contribution < 1.29 is 18.7 Å². The third-order valence-corrected chi connectivity index (χ3v) is 8.62. The van der Waals surface area contributed by atoms with Crippen LogP contribution in [0.5, 0.6) is 0 Å². The number of amides is 2. The number of fused-ring (bicyclic) bond motifs is 1. The van der Waals surface area contributed by atoms with E-state index >= 15 is 0 Å². The second-order valence-corrected chi connectivity index (χ2v) is 11.4. The van der Waals surface area contributed by atoms with Crippen molar-refractivity contribution in [1.29, 1.82) is 0 Å². The van der Waals surface area contributed by atoms with Gasteiger partial charge in [-0.05, 0) is 49.6 Å². The number of nitrogens with zero attached hydrogens (tertiary/aromatic N) is 4. The Balaban J connectivity index is 1.02. The Morgan fingerprint density at radius 1 is 0.929 bits per heavy atom. The Labute approximate surface area is 243 Å². The van der Waals surface area contributed by atoms with Gasteiger partial charge in [-0.15, -0.1) is 0 Å². The van der Waals surface area contributed by atoms with E-state index in [-0.39, 0.29) is 29.0 Å². The van der Waals surface area contributed by atoms with Crippen LogP contribution in [0.2, 0.25) is 0 Å². The second kappa shape index (κ2) is 12.7. The number of aromatic amines is 1. The van der Waals surface area contributed by atoms with Crippen molar-refractivity contribution in [3.8, 4) is 0 Å². The lowest BCUT2D eigenvalue weighted by Gasteiger charge is -2.37. The van der Waals surface area contributed by atoms with Gasteiger partial charge in [0.1, 0.15) is 5.82 Å². The number of aromatic nitrogens is 2. The number of hydrogen-bond donors (Lipinski definition) is 2. The molecule has 3 fully saturated rings. The van der Waals surface area contributed by atoms with Crippen LogP contribution >= 0.6 is 0 Å². The van der Waals surface area contributed by atoms with Crippen molar-refractivity contribution in [3.63, 3.8) is 0 Å². The number of piperazine rings is 1. The summed E-state index contributed by atoms with van der Waals surface area (Å²) in [6, 6.07) is 11.7. The van der Waals surface area contributed by atoms with Crippen molar-refractivity contribution in [1.82, 2.24) is 30.2 Å². The van der Waals surface area contributed by atoms with Gasteiger partial charge >= 0.3 is 0 Å². The Bertz CT molecular complexity index is 1490. The molecule has 6 rings (SSSR count). The maximum Gasteiger partial charge on any atom is 0.272 e. The largest absolute Gasteiger partial charge is 0.374 e. The predicted octanol–water partition coefficient (Wildman–Crippen LogP) is 1.78. The summed E-state index contributed by atoms with van der Waals surface area (Å²) < 4.78 is 21.0. The number of halogens is 1. The highest BCUT2D eigenvalue weighted by molar-refractivity contribution is 5.95. The average molecular weight is 577 g/mol. The number of carbonyl (C=O) groups is 2. The lowest BCUT2D eigenvalue weighted by molar-refractivity contribution is -0.134. The van der Waals surface area contributed by atoms with E-state index < -0.39 is 5.82 Å². The summed E-state index contributed by atoms with van der Waals surface area (Å²) in [6.07, 6.45) is 3.85. The molecule has 0 unspecified atom stereocenters. The first-order chi connectivity index (χ1) is 20.4. The first kappa shape index (κ1) is 28.4. The van der Waals surface area contributed by atoms with Crippen LogP contribution in [0.1, 0.15) is 40.9 Å². The summed E-state index contributed by atoms with van der Waals surface area (Å²) in [5.41, 5.74) is 1.09. The lowest BCUT2D eigenvalue weighted by atomic mass is 10.0. The number of nitrogens with one attached hydrogen (secondary N) is 2. The topological polar surface area (TPSA) is 111 Å². The molecule has 3 saturated heterocycles. The molecular weight excluding hydrogens is 539 g/mol. The summed E-state index contributed by atoms with van der Waals surface area (Å²) in [4.78, 5) is 44.1. The highest BCUT2D eigenvalue weighted by atomic mass is 19.1. The Morgan fingerprint density at radius 3 is 2.40 bits per heavy atom.